The smallest absolute Gasteiger partial charge is 0.420 e. The maximum atomic E-state index is 10.5. The van der Waals surface area contributed by atoms with Crippen LogP contribution in [0.2, 0.25) is 0 Å². The van der Waals surface area contributed by atoms with Crippen molar-refractivity contribution in [1.29, 1.82) is 0 Å². The van der Waals surface area contributed by atoms with Crippen LogP contribution in [0.1, 0.15) is 6.92 Å². The van der Waals surface area contributed by atoms with Crippen molar-refractivity contribution in [3.05, 3.63) is 0 Å². The van der Waals surface area contributed by atoms with Crippen LogP contribution in [0.25, 0.3) is 0 Å². The topological polar surface area (TPSA) is 55.4 Å². The SMILES string of the molecule is [B]O[B]NC(=O)[B]C(C)=O. The van der Waals surface area contributed by atoms with Crippen molar-refractivity contribution in [3.63, 3.8) is 0 Å². The minimum absolute atomic E-state index is 0.331. The van der Waals surface area contributed by atoms with Gasteiger partial charge in [0.25, 0.3) is 8.05 Å². The van der Waals surface area contributed by atoms with Crippen molar-refractivity contribution in [1.82, 2.24) is 5.23 Å². The number of carbonyl (C=O) groups is 2. The number of nitrogens with one attached hydrogen (secondary N) is 1. The molecule has 4 nitrogen and oxygen atoms in total. The highest BCUT2D eigenvalue weighted by atomic mass is 16.4. The molecule has 0 rings (SSSR count). The highest BCUT2D eigenvalue weighted by Gasteiger charge is 2.06. The van der Waals surface area contributed by atoms with E-state index in [9.17, 15) is 9.59 Å². The molecule has 0 atom stereocenters. The lowest BCUT2D eigenvalue weighted by Gasteiger charge is -1.96. The minimum atomic E-state index is -0.557. The van der Waals surface area contributed by atoms with E-state index in [1.165, 1.54) is 6.92 Å². The number of hydrogen-bond acceptors (Lipinski definition) is 3. The number of hydrogen-bond donors (Lipinski definition) is 1. The van der Waals surface area contributed by atoms with Gasteiger partial charge in [-0.3, -0.25) is 4.79 Å². The molecule has 0 unspecified atom stereocenters. The van der Waals surface area contributed by atoms with Gasteiger partial charge in [0.15, 0.2) is 5.81 Å². The molecule has 0 fully saturated rings. The molecule has 4 radical (unpaired) electrons. The zero-order valence-electron chi connectivity index (χ0n) is 5.46. The fourth-order valence-electron chi connectivity index (χ4n) is 0.318. The fourth-order valence-corrected chi connectivity index (χ4v) is 0.318. The van der Waals surface area contributed by atoms with E-state index in [1.54, 1.807) is 0 Å². The Kier molecular flexibility index (Phi) is 4.75. The van der Waals surface area contributed by atoms with Crippen LogP contribution in [-0.2, 0) is 9.37 Å². The fraction of sp³-hybridized carbons (Fsp3) is 0.333. The predicted molar refractivity (Wildman–Crippen MR) is 37.6 cm³/mol. The first-order valence-corrected chi connectivity index (χ1v) is 2.50. The summed E-state index contributed by atoms with van der Waals surface area (Å²) in [5.41, 5.74) is -0.331. The second-order valence-electron chi connectivity index (χ2n) is 1.52. The summed E-state index contributed by atoms with van der Waals surface area (Å²) in [4.78, 5) is 20.7. The van der Waals surface area contributed by atoms with Crippen LogP contribution in [0.5, 0.6) is 0 Å². The monoisotopic (exact) mass is 135 g/mol. The third kappa shape index (κ3) is 5.43. The van der Waals surface area contributed by atoms with E-state index >= 15 is 0 Å². The molecule has 0 aromatic heterocycles. The van der Waals surface area contributed by atoms with E-state index in [0.717, 1.165) is 14.9 Å². The van der Waals surface area contributed by atoms with Crippen molar-refractivity contribution >= 4 is 34.4 Å². The largest absolute Gasteiger partial charge is 0.491 e. The van der Waals surface area contributed by atoms with E-state index in [4.69, 9.17) is 0 Å². The van der Waals surface area contributed by atoms with E-state index in [0.29, 0.717) is 0 Å². The van der Waals surface area contributed by atoms with Crippen LogP contribution in [0.3, 0.4) is 0 Å². The first-order valence-electron chi connectivity index (χ1n) is 2.50. The highest BCUT2D eigenvalue weighted by molar-refractivity contribution is 6.97. The first-order chi connectivity index (χ1) is 4.66. The van der Waals surface area contributed by atoms with Gasteiger partial charge >= 0.3 is 14.9 Å². The zero-order chi connectivity index (χ0) is 7.98. The van der Waals surface area contributed by atoms with E-state index in [-0.39, 0.29) is 5.68 Å². The summed E-state index contributed by atoms with van der Waals surface area (Å²) in [5.74, 6) is -0.557. The van der Waals surface area contributed by atoms with E-state index < -0.39 is 5.81 Å². The second kappa shape index (κ2) is 5.11. The van der Waals surface area contributed by atoms with Gasteiger partial charge in [-0.1, -0.05) is 0 Å². The summed E-state index contributed by atoms with van der Waals surface area (Å²) in [6.07, 6.45) is 0. The summed E-state index contributed by atoms with van der Waals surface area (Å²) >= 11 is 0. The first kappa shape index (κ1) is 9.29. The van der Waals surface area contributed by atoms with Gasteiger partial charge in [0.1, 0.15) is 0 Å². The highest BCUT2D eigenvalue weighted by Crippen LogP contribution is 1.68. The molecule has 48 valence electrons. The van der Waals surface area contributed by atoms with Gasteiger partial charge in [-0.15, -0.1) is 0 Å². The summed E-state index contributed by atoms with van der Waals surface area (Å²) in [6, 6.07) is 0. The average molecular weight is 135 g/mol. The molecular formula is C3H4B3NO3. The van der Waals surface area contributed by atoms with Crippen LogP contribution in [-0.4, -0.2) is 34.4 Å². The van der Waals surface area contributed by atoms with Crippen molar-refractivity contribution in [2.45, 2.75) is 6.92 Å². The van der Waals surface area contributed by atoms with Crippen LogP contribution in [0.15, 0.2) is 0 Å². The van der Waals surface area contributed by atoms with Crippen molar-refractivity contribution in [2.75, 3.05) is 0 Å². The Balaban J connectivity index is 3.35. The standard InChI is InChI=1S/C3H4B3NO3/c1-2(8)5-3(9)7-6-10-4/h1H3,(H,7,9). The molecule has 7 heteroatoms. The van der Waals surface area contributed by atoms with Crippen LogP contribution in [0, 0.1) is 0 Å². The third-order valence-corrected chi connectivity index (χ3v) is 0.604. The Hall–Kier alpha value is -0.705. The third-order valence-electron chi connectivity index (χ3n) is 0.604. The Bertz CT molecular complexity index is 139. The second-order valence-corrected chi connectivity index (χ2v) is 1.52. The molecule has 1 amide bonds. The van der Waals surface area contributed by atoms with Crippen LogP contribution in [0.4, 0.5) is 4.79 Å². The zero-order valence-corrected chi connectivity index (χ0v) is 5.46. The molecule has 0 saturated heterocycles. The molecule has 0 aliphatic heterocycles. The molecule has 0 aromatic carbocycles. The molecule has 0 bridgehead atoms. The van der Waals surface area contributed by atoms with Gasteiger partial charge in [-0.25, -0.2) is 0 Å². The van der Waals surface area contributed by atoms with Gasteiger partial charge in [0, 0.05) is 0 Å². The average Bonchev–Trinajstić information content (AvgIpc) is 1.82. The van der Waals surface area contributed by atoms with Gasteiger partial charge in [0.2, 0.25) is 0 Å². The normalized spacial score (nSPS) is 8.10. The van der Waals surface area contributed by atoms with Gasteiger partial charge in [-0.05, 0) is 6.92 Å². The molecular weight excluding hydrogens is 130 g/mol. The maximum absolute atomic E-state index is 10.5. The Morgan fingerprint density at radius 1 is 1.60 bits per heavy atom. The Morgan fingerprint density at radius 2 is 2.20 bits per heavy atom. The van der Waals surface area contributed by atoms with Crippen LogP contribution >= 0.6 is 0 Å². The molecule has 0 spiro atoms. The van der Waals surface area contributed by atoms with E-state index in [1.807, 2.05) is 0 Å². The lowest BCUT2D eigenvalue weighted by Crippen LogP contribution is -2.34. The summed E-state index contributed by atoms with van der Waals surface area (Å²) in [7, 11) is 6.30. The van der Waals surface area contributed by atoms with Crippen molar-refractivity contribution in [3.8, 4) is 0 Å². The summed E-state index contributed by atoms with van der Waals surface area (Å²) in [5, 5.41) is 2.08. The molecule has 0 aliphatic carbocycles. The molecule has 0 aliphatic rings. The van der Waals surface area contributed by atoms with Gasteiger partial charge in [0.05, 0.1) is 5.68 Å². The number of amides is 1. The summed E-state index contributed by atoms with van der Waals surface area (Å²) < 4.78 is 3.91. The number of carbonyl (C=O) groups excluding carboxylic acids is 2. The maximum Gasteiger partial charge on any atom is 0.420 e. The van der Waals surface area contributed by atoms with Crippen LogP contribution < -0.4 is 5.23 Å². The minimum Gasteiger partial charge on any atom is -0.491 e. The van der Waals surface area contributed by atoms with Crippen molar-refractivity contribution < 1.29 is 14.2 Å². The Morgan fingerprint density at radius 3 is 2.60 bits per heavy atom. The molecule has 1 N–H and O–H groups in total. The number of rotatable bonds is 4. The lowest BCUT2D eigenvalue weighted by atomic mass is 9.72. The predicted octanol–water partition coefficient (Wildman–Crippen LogP) is -1.42. The quantitative estimate of drug-likeness (QED) is 0.480. The molecule has 0 heterocycles. The summed E-state index contributed by atoms with van der Waals surface area (Å²) in [6.45, 7) is 1.27. The van der Waals surface area contributed by atoms with Gasteiger partial charge in [-0.2, -0.15) is 0 Å². The van der Waals surface area contributed by atoms with E-state index in [2.05, 4.69) is 17.8 Å². The lowest BCUT2D eigenvalue weighted by molar-refractivity contribution is -0.110. The van der Waals surface area contributed by atoms with Crippen molar-refractivity contribution in [2.24, 2.45) is 0 Å². The Labute approximate surface area is 61.7 Å². The molecule has 0 saturated carbocycles. The van der Waals surface area contributed by atoms with Gasteiger partial charge < -0.3 is 14.6 Å². The molecule has 0 aromatic rings. The molecule has 10 heavy (non-hydrogen) atoms.